The van der Waals surface area contributed by atoms with Crippen molar-refractivity contribution in [1.82, 2.24) is 5.32 Å². The van der Waals surface area contributed by atoms with Gasteiger partial charge >= 0.3 is 0 Å². The maximum absolute atomic E-state index is 12.2. The zero-order valence-corrected chi connectivity index (χ0v) is 12.0. The highest BCUT2D eigenvalue weighted by Gasteiger charge is 2.29. The van der Waals surface area contributed by atoms with Crippen LogP contribution in [0.5, 0.6) is 5.75 Å². The molecule has 1 aromatic rings. The minimum Gasteiger partial charge on any atom is -0.507 e. The third-order valence-electron chi connectivity index (χ3n) is 3.94. The molecule has 1 atom stereocenters. The van der Waals surface area contributed by atoms with Gasteiger partial charge in [-0.05, 0) is 49.3 Å². The number of hydrogen-bond donors (Lipinski definition) is 2. The molecule has 19 heavy (non-hydrogen) atoms. The monoisotopic (exact) mass is 261 g/mol. The summed E-state index contributed by atoms with van der Waals surface area (Å²) in [6.45, 7) is 6.38. The Morgan fingerprint density at radius 3 is 2.79 bits per heavy atom. The van der Waals surface area contributed by atoms with Crippen molar-refractivity contribution in [3.63, 3.8) is 0 Å². The van der Waals surface area contributed by atoms with Crippen LogP contribution in [-0.4, -0.2) is 17.1 Å². The molecule has 1 fully saturated rings. The Bertz CT molecular complexity index is 480. The van der Waals surface area contributed by atoms with E-state index in [0.717, 1.165) is 24.8 Å². The summed E-state index contributed by atoms with van der Waals surface area (Å²) in [4.78, 5) is 12.2. The van der Waals surface area contributed by atoms with Crippen LogP contribution in [0.4, 0.5) is 0 Å². The summed E-state index contributed by atoms with van der Waals surface area (Å²) >= 11 is 0. The lowest BCUT2D eigenvalue weighted by Crippen LogP contribution is -2.40. The fourth-order valence-electron chi connectivity index (χ4n) is 2.92. The van der Waals surface area contributed by atoms with Gasteiger partial charge in [0.1, 0.15) is 5.75 Å². The van der Waals surface area contributed by atoms with Crippen molar-refractivity contribution in [2.45, 2.75) is 52.5 Å². The molecule has 1 unspecified atom stereocenters. The highest BCUT2D eigenvalue weighted by molar-refractivity contribution is 5.97. The molecule has 0 heterocycles. The van der Waals surface area contributed by atoms with Gasteiger partial charge in [0.25, 0.3) is 5.91 Å². The molecule has 0 bridgehead atoms. The Balaban J connectivity index is 2.04. The molecule has 1 aliphatic carbocycles. The molecule has 1 aromatic carbocycles. The summed E-state index contributed by atoms with van der Waals surface area (Å²) in [6.07, 6.45) is 4.40. The number of carbonyl (C=O) groups is 1. The van der Waals surface area contributed by atoms with Gasteiger partial charge in [-0.25, -0.2) is 0 Å². The second kappa shape index (κ2) is 5.24. The fraction of sp³-hybridized carbons (Fsp3) is 0.562. The summed E-state index contributed by atoms with van der Waals surface area (Å²) in [5.41, 5.74) is 1.62. The number of aryl methyl sites for hydroxylation is 1. The van der Waals surface area contributed by atoms with Crippen LogP contribution in [0.3, 0.4) is 0 Å². The number of rotatable bonds is 2. The van der Waals surface area contributed by atoms with E-state index in [9.17, 15) is 9.90 Å². The van der Waals surface area contributed by atoms with Crippen molar-refractivity contribution in [2.24, 2.45) is 5.41 Å². The molecule has 3 nitrogen and oxygen atoms in total. The van der Waals surface area contributed by atoms with Crippen LogP contribution in [-0.2, 0) is 0 Å². The van der Waals surface area contributed by atoms with Crippen LogP contribution in [0.25, 0.3) is 0 Å². The molecular formula is C16H23NO2. The van der Waals surface area contributed by atoms with Crippen molar-refractivity contribution in [3.8, 4) is 5.75 Å². The largest absolute Gasteiger partial charge is 0.507 e. The van der Waals surface area contributed by atoms with Crippen LogP contribution in [0.1, 0.15) is 55.5 Å². The predicted molar refractivity (Wildman–Crippen MR) is 76.3 cm³/mol. The maximum atomic E-state index is 12.2. The topological polar surface area (TPSA) is 49.3 Å². The second-order valence-electron chi connectivity index (χ2n) is 6.45. The van der Waals surface area contributed by atoms with Gasteiger partial charge in [0.05, 0.1) is 5.56 Å². The van der Waals surface area contributed by atoms with E-state index in [-0.39, 0.29) is 17.7 Å². The number of phenolic OH excluding ortho intramolecular Hbond substituents is 1. The molecule has 104 valence electrons. The van der Waals surface area contributed by atoms with Gasteiger partial charge in [-0.15, -0.1) is 0 Å². The SMILES string of the molecule is Cc1ccc(C(=O)NC2CCCC(C)(C)C2)c(O)c1. The molecule has 1 aliphatic rings. The first-order valence-electron chi connectivity index (χ1n) is 6.98. The number of hydrogen-bond acceptors (Lipinski definition) is 2. The number of phenols is 1. The predicted octanol–water partition coefficient (Wildman–Crippen LogP) is 3.40. The minimum atomic E-state index is -0.166. The first-order chi connectivity index (χ1) is 8.87. The summed E-state index contributed by atoms with van der Waals surface area (Å²) < 4.78 is 0. The van der Waals surface area contributed by atoms with Gasteiger partial charge in [0.2, 0.25) is 0 Å². The summed E-state index contributed by atoms with van der Waals surface area (Å²) in [5, 5.41) is 12.9. The summed E-state index contributed by atoms with van der Waals surface area (Å²) in [5.74, 6) is -0.104. The van der Waals surface area contributed by atoms with E-state index in [1.54, 1.807) is 12.1 Å². The van der Waals surface area contributed by atoms with Crippen molar-refractivity contribution in [1.29, 1.82) is 0 Å². The van der Waals surface area contributed by atoms with Gasteiger partial charge < -0.3 is 10.4 Å². The fourth-order valence-corrected chi connectivity index (χ4v) is 2.92. The molecule has 1 amide bonds. The Labute approximate surface area is 115 Å². The van der Waals surface area contributed by atoms with E-state index in [4.69, 9.17) is 0 Å². The van der Waals surface area contributed by atoms with Gasteiger partial charge in [-0.1, -0.05) is 26.3 Å². The van der Waals surface area contributed by atoms with Crippen molar-refractivity contribution in [3.05, 3.63) is 29.3 Å². The Kier molecular flexibility index (Phi) is 3.83. The third kappa shape index (κ3) is 3.49. The Morgan fingerprint density at radius 2 is 2.16 bits per heavy atom. The highest BCUT2D eigenvalue weighted by atomic mass is 16.3. The van der Waals surface area contributed by atoms with E-state index < -0.39 is 0 Å². The zero-order chi connectivity index (χ0) is 14.0. The highest BCUT2D eigenvalue weighted by Crippen LogP contribution is 2.35. The van der Waals surface area contributed by atoms with Gasteiger partial charge in [0, 0.05) is 6.04 Å². The average molecular weight is 261 g/mol. The van der Waals surface area contributed by atoms with Gasteiger partial charge in [-0.2, -0.15) is 0 Å². The third-order valence-corrected chi connectivity index (χ3v) is 3.94. The normalized spacial score (nSPS) is 21.9. The number of nitrogens with one attached hydrogen (secondary N) is 1. The molecular weight excluding hydrogens is 238 g/mol. The molecule has 2 N–H and O–H groups in total. The molecule has 0 saturated heterocycles. The lowest BCUT2D eigenvalue weighted by Gasteiger charge is -2.35. The molecule has 0 aromatic heterocycles. The molecule has 0 radical (unpaired) electrons. The Hall–Kier alpha value is -1.51. The van der Waals surface area contributed by atoms with Crippen molar-refractivity contribution < 1.29 is 9.90 Å². The van der Waals surface area contributed by atoms with Crippen molar-refractivity contribution >= 4 is 5.91 Å². The van der Waals surface area contributed by atoms with E-state index in [1.165, 1.54) is 6.42 Å². The summed E-state index contributed by atoms with van der Waals surface area (Å²) in [7, 11) is 0. The van der Waals surface area contributed by atoms with E-state index in [0.29, 0.717) is 11.0 Å². The van der Waals surface area contributed by atoms with E-state index in [1.807, 2.05) is 13.0 Å². The first-order valence-corrected chi connectivity index (χ1v) is 6.98. The van der Waals surface area contributed by atoms with Crippen LogP contribution in [0.2, 0.25) is 0 Å². The van der Waals surface area contributed by atoms with Crippen LogP contribution in [0, 0.1) is 12.3 Å². The Morgan fingerprint density at radius 1 is 1.42 bits per heavy atom. The molecule has 0 aliphatic heterocycles. The molecule has 0 spiro atoms. The van der Waals surface area contributed by atoms with Crippen LogP contribution >= 0.6 is 0 Å². The zero-order valence-electron chi connectivity index (χ0n) is 12.0. The number of amides is 1. The second-order valence-corrected chi connectivity index (χ2v) is 6.45. The van der Waals surface area contributed by atoms with Crippen molar-refractivity contribution in [2.75, 3.05) is 0 Å². The minimum absolute atomic E-state index is 0.0626. The first kappa shape index (κ1) is 13.9. The molecule has 3 heteroatoms. The van der Waals surface area contributed by atoms with Gasteiger partial charge in [-0.3, -0.25) is 4.79 Å². The smallest absolute Gasteiger partial charge is 0.255 e. The van der Waals surface area contributed by atoms with E-state index >= 15 is 0 Å². The van der Waals surface area contributed by atoms with Crippen LogP contribution in [0.15, 0.2) is 18.2 Å². The van der Waals surface area contributed by atoms with Gasteiger partial charge in [0.15, 0.2) is 0 Å². The number of benzene rings is 1. The quantitative estimate of drug-likeness (QED) is 0.857. The lowest BCUT2D eigenvalue weighted by atomic mass is 9.75. The average Bonchev–Trinajstić information content (AvgIpc) is 2.27. The lowest BCUT2D eigenvalue weighted by molar-refractivity contribution is 0.0900. The summed E-state index contributed by atoms with van der Waals surface area (Å²) in [6, 6.07) is 5.38. The number of aromatic hydroxyl groups is 1. The maximum Gasteiger partial charge on any atom is 0.255 e. The molecule has 1 saturated carbocycles. The standard InChI is InChI=1S/C16H23NO2/c1-11-6-7-13(14(18)9-11)15(19)17-12-5-4-8-16(2,3)10-12/h6-7,9,12,18H,4-5,8,10H2,1-3H3,(H,17,19). The number of carbonyl (C=O) groups excluding carboxylic acids is 1. The van der Waals surface area contributed by atoms with Crippen LogP contribution < -0.4 is 5.32 Å². The molecule has 2 rings (SSSR count). The van der Waals surface area contributed by atoms with E-state index in [2.05, 4.69) is 19.2 Å².